The van der Waals surface area contributed by atoms with E-state index in [1.807, 2.05) is 41.1 Å². The van der Waals surface area contributed by atoms with Gasteiger partial charge in [0, 0.05) is 18.1 Å². The van der Waals surface area contributed by atoms with Crippen molar-refractivity contribution in [3.8, 4) is 5.69 Å². The van der Waals surface area contributed by atoms with Crippen molar-refractivity contribution in [2.24, 2.45) is 0 Å². The van der Waals surface area contributed by atoms with E-state index < -0.39 is 5.97 Å². The predicted octanol–water partition coefficient (Wildman–Crippen LogP) is 2.05. The fourth-order valence-corrected chi connectivity index (χ4v) is 2.00. The van der Waals surface area contributed by atoms with E-state index in [-0.39, 0.29) is 5.75 Å². The molecule has 0 unspecified atom stereocenters. The van der Waals surface area contributed by atoms with E-state index in [1.54, 1.807) is 6.20 Å². The van der Waals surface area contributed by atoms with Crippen molar-refractivity contribution in [2.45, 2.75) is 5.16 Å². The van der Waals surface area contributed by atoms with Crippen LogP contribution in [0.15, 0.2) is 47.9 Å². The van der Waals surface area contributed by atoms with Crippen LogP contribution in [0.5, 0.6) is 0 Å². The molecule has 5 heteroatoms. The van der Waals surface area contributed by atoms with Gasteiger partial charge in [0.1, 0.15) is 0 Å². The summed E-state index contributed by atoms with van der Waals surface area (Å²) < 4.78 is 1.87. The van der Waals surface area contributed by atoms with Gasteiger partial charge >= 0.3 is 5.97 Å². The third-order valence-corrected chi connectivity index (χ3v) is 2.92. The molecule has 16 heavy (non-hydrogen) atoms. The van der Waals surface area contributed by atoms with Gasteiger partial charge in [0.05, 0.1) is 5.75 Å². The van der Waals surface area contributed by atoms with E-state index in [2.05, 4.69) is 4.98 Å². The summed E-state index contributed by atoms with van der Waals surface area (Å²) in [5, 5.41) is 9.30. The van der Waals surface area contributed by atoms with Gasteiger partial charge in [0.25, 0.3) is 0 Å². The minimum Gasteiger partial charge on any atom is -0.481 e. The second-order valence-electron chi connectivity index (χ2n) is 3.10. The van der Waals surface area contributed by atoms with Crippen molar-refractivity contribution in [1.82, 2.24) is 9.55 Å². The molecule has 1 aromatic heterocycles. The monoisotopic (exact) mass is 234 g/mol. The summed E-state index contributed by atoms with van der Waals surface area (Å²) in [6.45, 7) is 0. The summed E-state index contributed by atoms with van der Waals surface area (Å²) in [5.41, 5.74) is 0.980. The predicted molar refractivity (Wildman–Crippen MR) is 61.9 cm³/mol. The summed E-state index contributed by atoms with van der Waals surface area (Å²) in [4.78, 5) is 14.6. The van der Waals surface area contributed by atoms with Crippen LogP contribution >= 0.6 is 11.8 Å². The normalized spacial score (nSPS) is 10.2. The molecular weight excluding hydrogens is 224 g/mol. The van der Waals surface area contributed by atoms with E-state index in [9.17, 15) is 4.79 Å². The first kappa shape index (κ1) is 10.8. The SMILES string of the molecule is O=C(O)CSc1nccn1-c1ccccc1. The summed E-state index contributed by atoms with van der Waals surface area (Å²) in [6, 6.07) is 9.70. The highest BCUT2D eigenvalue weighted by atomic mass is 32.2. The maximum atomic E-state index is 10.5. The van der Waals surface area contributed by atoms with Gasteiger partial charge in [-0.1, -0.05) is 30.0 Å². The van der Waals surface area contributed by atoms with Crippen LogP contribution < -0.4 is 0 Å². The number of carbonyl (C=O) groups is 1. The largest absolute Gasteiger partial charge is 0.481 e. The Morgan fingerprint density at radius 1 is 1.38 bits per heavy atom. The van der Waals surface area contributed by atoms with Gasteiger partial charge in [0.2, 0.25) is 0 Å². The van der Waals surface area contributed by atoms with Crippen LogP contribution in [0.1, 0.15) is 0 Å². The number of carboxylic acids is 1. The lowest BCUT2D eigenvalue weighted by atomic mass is 10.3. The minimum atomic E-state index is -0.840. The number of para-hydroxylation sites is 1. The zero-order valence-electron chi connectivity index (χ0n) is 8.41. The van der Waals surface area contributed by atoms with Crippen molar-refractivity contribution in [3.05, 3.63) is 42.7 Å². The second kappa shape index (κ2) is 4.85. The average molecular weight is 234 g/mol. The summed E-state index contributed by atoms with van der Waals surface area (Å²) in [5.74, 6) is -0.822. The van der Waals surface area contributed by atoms with E-state index >= 15 is 0 Å². The van der Waals surface area contributed by atoms with Gasteiger partial charge in [-0.15, -0.1) is 0 Å². The molecule has 0 aliphatic carbocycles. The highest BCUT2D eigenvalue weighted by Gasteiger charge is 2.07. The van der Waals surface area contributed by atoms with Crippen molar-refractivity contribution in [3.63, 3.8) is 0 Å². The van der Waals surface area contributed by atoms with E-state index in [1.165, 1.54) is 11.8 Å². The molecule has 0 amide bonds. The molecule has 0 saturated heterocycles. The van der Waals surface area contributed by atoms with Gasteiger partial charge in [-0.3, -0.25) is 9.36 Å². The quantitative estimate of drug-likeness (QED) is 0.822. The molecule has 0 saturated carbocycles. The molecule has 0 fully saturated rings. The lowest BCUT2D eigenvalue weighted by Crippen LogP contribution is -2.01. The lowest BCUT2D eigenvalue weighted by molar-refractivity contribution is -0.133. The van der Waals surface area contributed by atoms with Crippen LogP contribution in [0, 0.1) is 0 Å². The number of benzene rings is 1. The Labute approximate surface area is 96.9 Å². The number of aliphatic carboxylic acids is 1. The first-order chi connectivity index (χ1) is 7.77. The van der Waals surface area contributed by atoms with Gasteiger partial charge < -0.3 is 5.11 Å². The number of aromatic nitrogens is 2. The molecule has 0 atom stereocenters. The van der Waals surface area contributed by atoms with Gasteiger partial charge in [-0.05, 0) is 12.1 Å². The molecule has 2 rings (SSSR count). The summed E-state index contributed by atoms with van der Waals surface area (Å²) in [7, 11) is 0. The Morgan fingerprint density at radius 3 is 2.81 bits per heavy atom. The number of carboxylic acid groups (broad SMARTS) is 1. The van der Waals surface area contributed by atoms with E-state index in [0.717, 1.165) is 5.69 Å². The molecular formula is C11H10N2O2S. The topological polar surface area (TPSA) is 55.1 Å². The van der Waals surface area contributed by atoms with Crippen molar-refractivity contribution in [1.29, 1.82) is 0 Å². The highest BCUT2D eigenvalue weighted by molar-refractivity contribution is 7.99. The minimum absolute atomic E-state index is 0.0177. The third kappa shape index (κ3) is 2.43. The first-order valence-electron chi connectivity index (χ1n) is 4.71. The average Bonchev–Trinajstić information content (AvgIpc) is 2.75. The smallest absolute Gasteiger partial charge is 0.313 e. The Morgan fingerprint density at radius 2 is 2.12 bits per heavy atom. The fraction of sp³-hybridized carbons (Fsp3) is 0.0909. The number of thioether (sulfide) groups is 1. The zero-order chi connectivity index (χ0) is 11.4. The molecule has 2 aromatic rings. The fourth-order valence-electron chi connectivity index (χ4n) is 1.31. The molecule has 0 aliphatic heterocycles. The molecule has 0 spiro atoms. The lowest BCUT2D eigenvalue weighted by Gasteiger charge is -2.05. The molecule has 1 heterocycles. The molecule has 82 valence electrons. The highest BCUT2D eigenvalue weighted by Crippen LogP contribution is 2.19. The molecule has 0 bridgehead atoms. The third-order valence-electron chi connectivity index (χ3n) is 1.97. The van der Waals surface area contributed by atoms with Crippen LogP contribution in [0.3, 0.4) is 0 Å². The molecule has 1 N–H and O–H groups in total. The molecule has 4 nitrogen and oxygen atoms in total. The van der Waals surface area contributed by atoms with Gasteiger partial charge in [-0.2, -0.15) is 0 Å². The number of rotatable bonds is 4. The van der Waals surface area contributed by atoms with Gasteiger partial charge in [-0.25, -0.2) is 4.98 Å². The number of imidazole rings is 1. The summed E-state index contributed by atoms with van der Waals surface area (Å²) in [6.07, 6.45) is 3.48. The van der Waals surface area contributed by atoms with Crippen molar-refractivity contribution >= 4 is 17.7 Å². The van der Waals surface area contributed by atoms with Crippen LogP contribution in [0.2, 0.25) is 0 Å². The van der Waals surface area contributed by atoms with Crippen molar-refractivity contribution < 1.29 is 9.90 Å². The zero-order valence-corrected chi connectivity index (χ0v) is 9.22. The molecule has 0 aliphatic rings. The Kier molecular flexibility index (Phi) is 3.26. The maximum absolute atomic E-state index is 10.5. The number of hydrogen-bond donors (Lipinski definition) is 1. The van der Waals surface area contributed by atoms with E-state index in [0.29, 0.717) is 5.16 Å². The first-order valence-corrected chi connectivity index (χ1v) is 5.69. The number of nitrogens with zero attached hydrogens (tertiary/aromatic N) is 2. The Hall–Kier alpha value is -1.75. The van der Waals surface area contributed by atoms with Gasteiger partial charge in [0.15, 0.2) is 5.16 Å². The standard InChI is InChI=1S/C11H10N2O2S/c14-10(15)8-16-11-12-6-7-13(11)9-4-2-1-3-5-9/h1-7H,8H2,(H,14,15). The van der Waals surface area contributed by atoms with Crippen LogP contribution in [-0.4, -0.2) is 26.4 Å². The Bertz CT molecular complexity index is 482. The molecule has 0 radical (unpaired) electrons. The Balaban J connectivity index is 2.23. The van der Waals surface area contributed by atoms with Crippen LogP contribution in [0.4, 0.5) is 0 Å². The molecule has 1 aromatic carbocycles. The van der Waals surface area contributed by atoms with Crippen molar-refractivity contribution in [2.75, 3.05) is 5.75 Å². The van der Waals surface area contributed by atoms with Crippen LogP contribution in [-0.2, 0) is 4.79 Å². The second-order valence-corrected chi connectivity index (χ2v) is 4.04. The van der Waals surface area contributed by atoms with E-state index in [4.69, 9.17) is 5.11 Å². The van der Waals surface area contributed by atoms with Crippen LogP contribution in [0.25, 0.3) is 5.69 Å². The number of hydrogen-bond acceptors (Lipinski definition) is 3. The summed E-state index contributed by atoms with van der Waals surface area (Å²) >= 11 is 1.21. The maximum Gasteiger partial charge on any atom is 0.313 e.